The summed E-state index contributed by atoms with van der Waals surface area (Å²) >= 11 is 2.07. The molecule has 0 atom stereocenters. The van der Waals surface area contributed by atoms with E-state index in [-0.39, 0.29) is 30.1 Å². The summed E-state index contributed by atoms with van der Waals surface area (Å²) in [6.07, 6.45) is 4.26. The molecule has 0 spiro atoms. The molecule has 6 heteroatoms. The van der Waals surface area contributed by atoms with Crippen molar-refractivity contribution in [3.8, 4) is 0 Å². The highest BCUT2D eigenvalue weighted by molar-refractivity contribution is 14.0. The number of piperidine rings is 1. The molecule has 0 bridgehead atoms. The van der Waals surface area contributed by atoms with Crippen molar-refractivity contribution in [2.24, 2.45) is 10.9 Å². The Bertz CT molecular complexity index is 277. The summed E-state index contributed by atoms with van der Waals surface area (Å²) in [5.74, 6) is 4.43. The van der Waals surface area contributed by atoms with Gasteiger partial charge in [0.25, 0.3) is 0 Å². The zero-order chi connectivity index (χ0) is 12.8. The third-order valence-electron chi connectivity index (χ3n) is 3.87. The van der Waals surface area contributed by atoms with Gasteiger partial charge in [0.15, 0.2) is 5.96 Å². The summed E-state index contributed by atoms with van der Waals surface area (Å²) in [5.41, 5.74) is 0. The van der Waals surface area contributed by atoms with E-state index in [1.165, 1.54) is 24.3 Å². The first-order valence-corrected chi connectivity index (χ1v) is 8.16. The largest absolute Gasteiger partial charge is 0.393 e. The number of rotatable bonds is 2. The van der Waals surface area contributed by atoms with Gasteiger partial charge in [-0.2, -0.15) is 11.8 Å². The molecule has 0 aromatic carbocycles. The maximum Gasteiger partial charge on any atom is 0.193 e. The Morgan fingerprint density at radius 3 is 2.47 bits per heavy atom. The van der Waals surface area contributed by atoms with Gasteiger partial charge in [0.05, 0.1) is 6.10 Å². The smallest absolute Gasteiger partial charge is 0.193 e. The number of hydrogen-bond acceptors (Lipinski definition) is 3. The Labute approximate surface area is 137 Å². The topological polar surface area (TPSA) is 47.9 Å². The number of aliphatic imine (C=N–C) groups is 1. The Morgan fingerprint density at radius 1 is 1.26 bits per heavy atom. The van der Waals surface area contributed by atoms with Gasteiger partial charge >= 0.3 is 0 Å². The molecule has 0 aliphatic carbocycles. The van der Waals surface area contributed by atoms with Crippen LogP contribution < -0.4 is 5.32 Å². The van der Waals surface area contributed by atoms with Crippen LogP contribution in [-0.2, 0) is 0 Å². The zero-order valence-electron chi connectivity index (χ0n) is 11.7. The van der Waals surface area contributed by atoms with Gasteiger partial charge in [-0.15, -0.1) is 24.0 Å². The second-order valence-corrected chi connectivity index (χ2v) is 6.43. The number of aliphatic hydroxyl groups excluding tert-OH is 1. The summed E-state index contributed by atoms with van der Waals surface area (Å²) in [4.78, 5) is 6.63. The van der Waals surface area contributed by atoms with Crippen LogP contribution in [0.3, 0.4) is 0 Å². The maximum absolute atomic E-state index is 9.53. The van der Waals surface area contributed by atoms with Crippen LogP contribution in [0.15, 0.2) is 4.99 Å². The van der Waals surface area contributed by atoms with Crippen LogP contribution in [0.25, 0.3) is 0 Å². The van der Waals surface area contributed by atoms with E-state index in [0.29, 0.717) is 0 Å². The second kappa shape index (κ2) is 9.28. The van der Waals surface area contributed by atoms with Crippen LogP contribution in [0.1, 0.15) is 25.7 Å². The van der Waals surface area contributed by atoms with Gasteiger partial charge in [-0.3, -0.25) is 4.99 Å². The van der Waals surface area contributed by atoms with Crippen molar-refractivity contribution >= 4 is 41.7 Å². The van der Waals surface area contributed by atoms with Crippen LogP contribution in [0, 0.1) is 5.92 Å². The van der Waals surface area contributed by atoms with Crippen LogP contribution in [0.2, 0.25) is 0 Å². The fourth-order valence-corrected chi connectivity index (χ4v) is 3.80. The molecule has 2 N–H and O–H groups in total. The number of aliphatic hydroxyl groups is 1. The number of guanidine groups is 1. The van der Waals surface area contributed by atoms with E-state index in [0.717, 1.165) is 44.4 Å². The Morgan fingerprint density at radius 2 is 1.89 bits per heavy atom. The predicted octanol–water partition coefficient (Wildman–Crippen LogP) is 1.78. The normalized spacial score (nSPS) is 23.1. The summed E-state index contributed by atoms with van der Waals surface area (Å²) in [7, 11) is 1.85. The first kappa shape index (κ1) is 17.4. The molecule has 0 aromatic heterocycles. The van der Waals surface area contributed by atoms with Crippen molar-refractivity contribution in [3.63, 3.8) is 0 Å². The maximum atomic E-state index is 9.53. The van der Waals surface area contributed by atoms with Crippen LogP contribution in [0.5, 0.6) is 0 Å². The summed E-state index contributed by atoms with van der Waals surface area (Å²) in [6, 6.07) is 0. The van der Waals surface area contributed by atoms with E-state index in [4.69, 9.17) is 0 Å². The molecule has 2 saturated heterocycles. The number of nitrogens with one attached hydrogen (secondary N) is 1. The Hall–Kier alpha value is 0.310. The minimum absolute atomic E-state index is 0. The highest BCUT2D eigenvalue weighted by Crippen LogP contribution is 2.22. The van der Waals surface area contributed by atoms with E-state index < -0.39 is 0 Å². The summed E-state index contributed by atoms with van der Waals surface area (Å²) < 4.78 is 0. The number of hydrogen-bond donors (Lipinski definition) is 2. The number of likely N-dealkylation sites (tertiary alicyclic amines) is 1. The fraction of sp³-hybridized carbons (Fsp3) is 0.923. The van der Waals surface area contributed by atoms with Crippen LogP contribution in [0.4, 0.5) is 0 Å². The molecule has 0 radical (unpaired) electrons. The molecule has 0 aromatic rings. The minimum Gasteiger partial charge on any atom is -0.393 e. The average Bonchev–Trinajstić information content (AvgIpc) is 2.42. The summed E-state index contributed by atoms with van der Waals surface area (Å²) in [6.45, 7) is 2.88. The number of nitrogens with zero attached hydrogens (tertiary/aromatic N) is 2. The molecular formula is C13H26IN3OS. The Kier molecular flexibility index (Phi) is 8.48. The SMILES string of the molecule is CN=C(NCC1CCSCC1)N1CCC(O)CC1.I. The molecule has 0 unspecified atom stereocenters. The van der Waals surface area contributed by atoms with Crippen LogP contribution in [-0.4, -0.2) is 60.3 Å². The van der Waals surface area contributed by atoms with E-state index in [9.17, 15) is 5.11 Å². The molecule has 2 aliphatic rings. The van der Waals surface area contributed by atoms with E-state index >= 15 is 0 Å². The molecule has 2 rings (SSSR count). The molecule has 112 valence electrons. The molecule has 4 nitrogen and oxygen atoms in total. The standard InChI is InChI=1S/C13H25N3OS.HI/c1-14-13(16-6-2-12(17)3-7-16)15-10-11-4-8-18-9-5-11;/h11-12,17H,2-10H2,1H3,(H,14,15);1H. The zero-order valence-corrected chi connectivity index (χ0v) is 14.8. The number of thioether (sulfide) groups is 1. The minimum atomic E-state index is -0.116. The van der Waals surface area contributed by atoms with Crippen molar-refractivity contribution < 1.29 is 5.11 Å². The molecule has 2 heterocycles. The van der Waals surface area contributed by atoms with Gasteiger partial charge in [0, 0.05) is 26.7 Å². The van der Waals surface area contributed by atoms with Gasteiger partial charge in [-0.25, -0.2) is 0 Å². The van der Waals surface area contributed by atoms with E-state index in [1.54, 1.807) is 0 Å². The quantitative estimate of drug-likeness (QED) is 0.422. The van der Waals surface area contributed by atoms with Crippen molar-refractivity contribution in [1.82, 2.24) is 10.2 Å². The summed E-state index contributed by atoms with van der Waals surface area (Å²) in [5, 5.41) is 13.0. The van der Waals surface area contributed by atoms with Crippen molar-refractivity contribution in [3.05, 3.63) is 0 Å². The monoisotopic (exact) mass is 399 g/mol. The lowest BCUT2D eigenvalue weighted by atomic mass is 10.0. The lowest BCUT2D eigenvalue weighted by molar-refractivity contribution is 0.108. The molecule has 2 fully saturated rings. The van der Waals surface area contributed by atoms with Gasteiger partial charge in [-0.1, -0.05) is 0 Å². The van der Waals surface area contributed by atoms with Crippen LogP contribution >= 0.6 is 35.7 Å². The predicted molar refractivity (Wildman–Crippen MR) is 93.6 cm³/mol. The van der Waals surface area contributed by atoms with E-state index in [2.05, 4.69) is 27.0 Å². The highest BCUT2D eigenvalue weighted by Gasteiger charge is 2.20. The molecule has 19 heavy (non-hydrogen) atoms. The third-order valence-corrected chi connectivity index (χ3v) is 4.91. The molecule has 2 aliphatic heterocycles. The van der Waals surface area contributed by atoms with E-state index in [1.807, 2.05) is 7.05 Å². The molecular weight excluding hydrogens is 373 g/mol. The van der Waals surface area contributed by atoms with Crippen molar-refractivity contribution in [1.29, 1.82) is 0 Å². The average molecular weight is 399 g/mol. The highest BCUT2D eigenvalue weighted by atomic mass is 127. The van der Waals surface area contributed by atoms with Crippen molar-refractivity contribution in [2.75, 3.05) is 38.2 Å². The first-order chi connectivity index (χ1) is 8.79. The van der Waals surface area contributed by atoms with Gasteiger partial charge < -0.3 is 15.3 Å². The molecule has 0 amide bonds. The second-order valence-electron chi connectivity index (χ2n) is 5.20. The molecule has 0 saturated carbocycles. The van der Waals surface area contributed by atoms with Crippen molar-refractivity contribution in [2.45, 2.75) is 31.8 Å². The lowest BCUT2D eigenvalue weighted by Gasteiger charge is -2.33. The lowest BCUT2D eigenvalue weighted by Crippen LogP contribution is -2.47. The van der Waals surface area contributed by atoms with Gasteiger partial charge in [0.2, 0.25) is 0 Å². The van der Waals surface area contributed by atoms with Gasteiger partial charge in [0.1, 0.15) is 0 Å². The fourth-order valence-electron chi connectivity index (χ4n) is 2.60. The third kappa shape index (κ3) is 5.67. The Balaban J connectivity index is 0.00000180. The number of halogens is 1. The first-order valence-electron chi connectivity index (χ1n) is 7.01. The van der Waals surface area contributed by atoms with Gasteiger partial charge in [-0.05, 0) is 43.1 Å².